The molecule has 2 heterocycles. The molecule has 1 aromatic heterocycles. The monoisotopic (exact) mass is 284 g/mol. The molecule has 1 aliphatic carbocycles. The van der Waals surface area contributed by atoms with E-state index >= 15 is 0 Å². The topological polar surface area (TPSA) is 67.2 Å². The first kappa shape index (κ1) is 13.1. The van der Waals surface area contributed by atoms with E-state index in [1.807, 2.05) is 10.7 Å². The van der Waals surface area contributed by atoms with Crippen molar-refractivity contribution in [3.05, 3.63) is 18.0 Å². The molecule has 19 heavy (non-hydrogen) atoms. The van der Waals surface area contributed by atoms with E-state index in [-0.39, 0.29) is 6.04 Å². The Labute approximate surface area is 113 Å². The van der Waals surface area contributed by atoms with Crippen molar-refractivity contribution in [1.29, 1.82) is 0 Å². The second kappa shape index (κ2) is 4.88. The summed E-state index contributed by atoms with van der Waals surface area (Å²) in [7, 11) is -3.15. The van der Waals surface area contributed by atoms with Gasteiger partial charge in [0.05, 0.1) is 18.0 Å². The summed E-state index contributed by atoms with van der Waals surface area (Å²) in [6.07, 6.45) is 6.84. The van der Waals surface area contributed by atoms with Crippen LogP contribution < -0.4 is 4.72 Å². The SMILES string of the molecule is CS(=O)(=O)NC[C@H]1CN(C2CCC2)Cc2ccnn21. The fourth-order valence-corrected chi connectivity index (χ4v) is 3.34. The molecule has 0 spiro atoms. The highest BCUT2D eigenvalue weighted by Gasteiger charge is 2.32. The molecule has 3 rings (SSSR count). The number of rotatable bonds is 4. The third kappa shape index (κ3) is 2.82. The first-order chi connectivity index (χ1) is 9.03. The number of fused-ring (bicyclic) bond motifs is 1. The highest BCUT2D eigenvalue weighted by atomic mass is 32.2. The molecule has 1 atom stereocenters. The van der Waals surface area contributed by atoms with Gasteiger partial charge >= 0.3 is 0 Å². The van der Waals surface area contributed by atoms with Crippen LogP contribution in [0.5, 0.6) is 0 Å². The molecular weight excluding hydrogens is 264 g/mol. The minimum atomic E-state index is -3.15. The molecule has 0 saturated heterocycles. The number of aromatic nitrogens is 2. The van der Waals surface area contributed by atoms with Crippen molar-refractivity contribution >= 4 is 10.0 Å². The van der Waals surface area contributed by atoms with E-state index in [1.165, 1.54) is 31.2 Å². The van der Waals surface area contributed by atoms with Crippen LogP contribution in [0, 0.1) is 0 Å². The van der Waals surface area contributed by atoms with Gasteiger partial charge in [-0.05, 0) is 18.9 Å². The van der Waals surface area contributed by atoms with Crippen molar-refractivity contribution < 1.29 is 8.42 Å². The zero-order valence-electron chi connectivity index (χ0n) is 11.1. The van der Waals surface area contributed by atoms with Crippen LogP contribution in [0.2, 0.25) is 0 Å². The first-order valence-corrected chi connectivity index (χ1v) is 8.63. The highest BCUT2D eigenvalue weighted by molar-refractivity contribution is 7.88. The molecule has 7 heteroatoms. The maximum absolute atomic E-state index is 11.3. The Bertz CT molecular complexity index is 550. The summed E-state index contributed by atoms with van der Waals surface area (Å²) in [5, 5.41) is 4.33. The van der Waals surface area contributed by atoms with E-state index in [0.717, 1.165) is 13.1 Å². The van der Waals surface area contributed by atoms with Gasteiger partial charge in [-0.3, -0.25) is 9.58 Å². The molecule has 1 fully saturated rings. The normalized spacial score (nSPS) is 25.0. The van der Waals surface area contributed by atoms with Gasteiger partial charge in [0.2, 0.25) is 10.0 Å². The van der Waals surface area contributed by atoms with Crippen LogP contribution in [-0.4, -0.2) is 48.5 Å². The molecule has 0 aromatic carbocycles. The lowest BCUT2D eigenvalue weighted by Crippen LogP contribution is -2.48. The predicted octanol–water partition coefficient (Wildman–Crippen LogP) is 0.341. The molecule has 0 unspecified atom stereocenters. The van der Waals surface area contributed by atoms with Gasteiger partial charge in [0.25, 0.3) is 0 Å². The van der Waals surface area contributed by atoms with Crippen molar-refractivity contribution in [2.24, 2.45) is 0 Å². The van der Waals surface area contributed by atoms with E-state index in [2.05, 4.69) is 14.7 Å². The highest BCUT2D eigenvalue weighted by Crippen LogP contribution is 2.30. The smallest absolute Gasteiger partial charge is 0.208 e. The van der Waals surface area contributed by atoms with Crippen LogP contribution in [0.3, 0.4) is 0 Å². The van der Waals surface area contributed by atoms with E-state index in [9.17, 15) is 8.42 Å². The van der Waals surface area contributed by atoms with Gasteiger partial charge in [0, 0.05) is 31.9 Å². The molecule has 6 nitrogen and oxygen atoms in total. The van der Waals surface area contributed by atoms with E-state index in [1.54, 1.807) is 6.20 Å². The molecule has 1 aromatic rings. The van der Waals surface area contributed by atoms with Crippen molar-refractivity contribution in [1.82, 2.24) is 19.4 Å². The summed E-state index contributed by atoms with van der Waals surface area (Å²) in [5.74, 6) is 0. The summed E-state index contributed by atoms with van der Waals surface area (Å²) in [5.41, 5.74) is 1.18. The van der Waals surface area contributed by atoms with Crippen LogP contribution in [0.1, 0.15) is 31.0 Å². The van der Waals surface area contributed by atoms with E-state index in [4.69, 9.17) is 0 Å². The van der Waals surface area contributed by atoms with Gasteiger partial charge in [-0.25, -0.2) is 13.1 Å². The third-order valence-corrected chi connectivity index (χ3v) is 4.77. The molecular formula is C12H20N4O2S. The third-order valence-electron chi connectivity index (χ3n) is 4.08. The minimum absolute atomic E-state index is 0.0917. The van der Waals surface area contributed by atoms with Crippen molar-refractivity contribution in [3.63, 3.8) is 0 Å². The summed E-state index contributed by atoms with van der Waals surface area (Å²) in [6.45, 7) is 2.22. The lowest BCUT2D eigenvalue weighted by atomic mass is 9.90. The Morgan fingerprint density at radius 1 is 1.47 bits per heavy atom. The van der Waals surface area contributed by atoms with E-state index in [0.29, 0.717) is 12.6 Å². The molecule has 1 N–H and O–H groups in total. The molecule has 2 aliphatic rings. The van der Waals surface area contributed by atoms with Crippen LogP contribution in [0.4, 0.5) is 0 Å². The zero-order valence-corrected chi connectivity index (χ0v) is 11.9. The summed E-state index contributed by atoms with van der Waals surface area (Å²) in [4.78, 5) is 2.47. The first-order valence-electron chi connectivity index (χ1n) is 6.74. The number of nitrogens with zero attached hydrogens (tertiary/aromatic N) is 3. The van der Waals surface area contributed by atoms with Crippen LogP contribution in [0.25, 0.3) is 0 Å². The second-order valence-electron chi connectivity index (χ2n) is 5.56. The fraction of sp³-hybridized carbons (Fsp3) is 0.750. The van der Waals surface area contributed by atoms with Crippen molar-refractivity contribution in [2.75, 3.05) is 19.3 Å². The van der Waals surface area contributed by atoms with Gasteiger partial charge in [-0.1, -0.05) is 6.42 Å². The Hall–Kier alpha value is -0.920. The van der Waals surface area contributed by atoms with E-state index < -0.39 is 10.0 Å². The van der Waals surface area contributed by atoms with Crippen LogP contribution >= 0.6 is 0 Å². The van der Waals surface area contributed by atoms with Crippen LogP contribution in [0.15, 0.2) is 12.3 Å². The Morgan fingerprint density at radius 2 is 2.26 bits per heavy atom. The van der Waals surface area contributed by atoms with Gasteiger partial charge in [0.1, 0.15) is 0 Å². The average molecular weight is 284 g/mol. The Morgan fingerprint density at radius 3 is 2.89 bits per heavy atom. The predicted molar refractivity (Wildman–Crippen MR) is 72.2 cm³/mol. The maximum atomic E-state index is 11.3. The Kier molecular flexibility index (Phi) is 3.36. The van der Waals surface area contributed by atoms with Gasteiger partial charge in [0.15, 0.2) is 0 Å². The van der Waals surface area contributed by atoms with Crippen LogP contribution in [-0.2, 0) is 16.6 Å². The summed E-state index contributed by atoms with van der Waals surface area (Å²) in [6, 6.07) is 2.79. The van der Waals surface area contributed by atoms with Gasteiger partial charge in [-0.15, -0.1) is 0 Å². The summed E-state index contributed by atoms with van der Waals surface area (Å²) < 4.78 is 27.1. The molecule has 1 aliphatic heterocycles. The number of sulfonamides is 1. The number of nitrogens with one attached hydrogen (secondary N) is 1. The molecule has 0 bridgehead atoms. The number of hydrogen-bond acceptors (Lipinski definition) is 4. The number of hydrogen-bond donors (Lipinski definition) is 1. The van der Waals surface area contributed by atoms with Crippen molar-refractivity contribution in [3.8, 4) is 0 Å². The molecule has 0 amide bonds. The average Bonchev–Trinajstić information content (AvgIpc) is 2.70. The molecule has 1 saturated carbocycles. The van der Waals surface area contributed by atoms with Crippen molar-refractivity contribution in [2.45, 2.75) is 37.9 Å². The molecule has 106 valence electrons. The summed E-state index contributed by atoms with van der Waals surface area (Å²) >= 11 is 0. The zero-order chi connectivity index (χ0) is 13.5. The quantitative estimate of drug-likeness (QED) is 0.866. The molecule has 0 radical (unpaired) electrons. The second-order valence-corrected chi connectivity index (χ2v) is 7.39. The standard InChI is InChI=1S/C12H20N4O2S/c1-19(17,18)14-7-12-9-15(10-3-2-4-10)8-11-5-6-13-16(11)12/h5-6,10,12,14H,2-4,7-9H2,1H3/t12-/m0/s1. The minimum Gasteiger partial charge on any atom is -0.292 e. The largest absolute Gasteiger partial charge is 0.292 e. The van der Waals surface area contributed by atoms with Gasteiger partial charge < -0.3 is 0 Å². The Balaban J connectivity index is 1.74. The fourth-order valence-electron chi connectivity index (χ4n) is 2.84. The van der Waals surface area contributed by atoms with Gasteiger partial charge in [-0.2, -0.15) is 5.10 Å². The maximum Gasteiger partial charge on any atom is 0.208 e. The lowest BCUT2D eigenvalue weighted by Gasteiger charge is -2.42. The lowest BCUT2D eigenvalue weighted by molar-refractivity contribution is 0.0763.